The molecule has 19 nitrogen and oxygen atoms in total. The number of amides is 1. The largest absolute Gasteiger partial charge is 0.394 e. The first kappa shape index (κ1) is 91.4. The van der Waals surface area contributed by atoms with E-state index in [0.29, 0.717) is 12.8 Å². The number of ether oxygens (including phenoxy) is 6. The number of aliphatic hydroxyl groups is 11. The lowest BCUT2D eigenvalue weighted by Gasteiger charge is -2.48. The maximum atomic E-state index is 13.5. The summed E-state index contributed by atoms with van der Waals surface area (Å²) < 4.78 is 34.4. The van der Waals surface area contributed by atoms with Gasteiger partial charge in [-0.15, -0.1) is 0 Å². The number of hydrogen-bond donors (Lipinski definition) is 12. The molecule has 3 heterocycles. The van der Waals surface area contributed by atoms with Crippen LogP contribution in [0.3, 0.4) is 0 Å². The minimum atomic E-state index is -1.98. The molecule has 3 rings (SSSR count). The summed E-state index contributed by atoms with van der Waals surface area (Å²) in [4.78, 5) is 13.5. The third-order valence-corrected chi connectivity index (χ3v) is 19.7. The molecule has 100 heavy (non-hydrogen) atoms. The lowest BCUT2D eigenvalue weighted by molar-refractivity contribution is -0.379. The zero-order valence-electron chi connectivity index (χ0n) is 62.2. The minimum absolute atomic E-state index is 0.231. The highest BCUT2D eigenvalue weighted by molar-refractivity contribution is 5.76. The number of hydrogen-bond acceptors (Lipinski definition) is 18. The second kappa shape index (κ2) is 61.4. The van der Waals surface area contributed by atoms with Crippen molar-refractivity contribution in [2.45, 2.75) is 407 Å². The van der Waals surface area contributed by atoms with Gasteiger partial charge in [0, 0.05) is 6.42 Å². The molecule has 1 amide bonds. The Labute approximate surface area is 604 Å². The molecule has 17 unspecified atom stereocenters. The van der Waals surface area contributed by atoms with Crippen LogP contribution in [-0.2, 0) is 33.2 Å². The zero-order valence-corrected chi connectivity index (χ0v) is 62.2. The van der Waals surface area contributed by atoms with E-state index < -0.39 is 124 Å². The van der Waals surface area contributed by atoms with Gasteiger partial charge >= 0.3 is 0 Å². The fourth-order valence-corrected chi connectivity index (χ4v) is 13.2. The third-order valence-electron chi connectivity index (χ3n) is 19.7. The van der Waals surface area contributed by atoms with Crippen molar-refractivity contribution in [3.63, 3.8) is 0 Å². The molecule has 0 saturated carbocycles. The minimum Gasteiger partial charge on any atom is -0.394 e. The number of allylic oxidation sites excluding steroid dienone is 11. The van der Waals surface area contributed by atoms with E-state index in [2.05, 4.69) is 79.9 Å². The Bertz CT molecular complexity index is 2090. The van der Waals surface area contributed by atoms with Crippen LogP contribution in [0.4, 0.5) is 0 Å². The molecule has 0 bridgehead atoms. The van der Waals surface area contributed by atoms with Crippen LogP contribution >= 0.6 is 0 Å². The van der Waals surface area contributed by atoms with Crippen LogP contribution in [0.2, 0.25) is 0 Å². The smallest absolute Gasteiger partial charge is 0.220 e. The van der Waals surface area contributed by atoms with Crippen LogP contribution in [0, 0.1) is 0 Å². The van der Waals surface area contributed by atoms with Gasteiger partial charge in [0.05, 0.1) is 38.6 Å². The standard InChI is InChI=1S/C81H145NO18/c1-3-5-7-9-11-13-15-17-19-21-23-25-27-28-29-30-31-32-33-34-35-36-37-39-41-43-45-47-49-51-53-55-57-59-69(87)82-64(65(86)58-56-54-52-50-48-46-44-42-40-38-26-24-22-20-18-16-14-12-10-8-6-4-2)63-95-79-75(93)72(90)77(67(61-84)97-79)100-81-76(94)73(91)78(68(62-85)98-81)99-80-74(92)71(89)70(88)66(60-83)96-80/h15,17,21,23,27-28,40,42,48,50,56,58,64-68,70-81,83-86,88-94H,3-14,16,18-20,22,24-26,29-39,41,43-47,49,51-55,57,59-63H2,1-2H3,(H,82,87)/b17-15-,23-21-,28-27-,42-40+,50-48+,58-56+. The average Bonchev–Trinajstić information content (AvgIpc) is 0.783. The first-order valence-corrected chi connectivity index (χ1v) is 40.2. The second-order valence-electron chi connectivity index (χ2n) is 28.5. The van der Waals surface area contributed by atoms with Gasteiger partial charge in [0.1, 0.15) is 73.2 Å². The average molecular weight is 1420 g/mol. The van der Waals surface area contributed by atoms with Gasteiger partial charge in [-0.25, -0.2) is 0 Å². The van der Waals surface area contributed by atoms with Gasteiger partial charge in [-0.05, 0) is 83.5 Å². The fourth-order valence-electron chi connectivity index (χ4n) is 13.2. The number of nitrogens with one attached hydrogen (secondary N) is 1. The maximum absolute atomic E-state index is 13.5. The number of unbranched alkanes of at least 4 members (excludes halogenated alkanes) is 37. The van der Waals surface area contributed by atoms with E-state index >= 15 is 0 Å². The number of carbonyl (C=O) groups is 1. The zero-order chi connectivity index (χ0) is 72.5. The van der Waals surface area contributed by atoms with E-state index in [0.717, 1.165) is 57.8 Å². The quantitative estimate of drug-likeness (QED) is 0.0199. The second-order valence-corrected chi connectivity index (χ2v) is 28.5. The third kappa shape index (κ3) is 41.2. The molecular weight excluding hydrogens is 1270 g/mol. The summed E-state index contributed by atoms with van der Waals surface area (Å²) in [5.74, 6) is -0.287. The Balaban J connectivity index is 1.37. The van der Waals surface area contributed by atoms with Gasteiger partial charge in [0.25, 0.3) is 0 Å². The first-order chi connectivity index (χ1) is 48.8. The Kier molecular flexibility index (Phi) is 56.1. The molecule has 0 aromatic carbocycles. The topological polar surface area (TPSA) is 307 Å². The molecule has 3 aliphatic rings. The molecule has 0 spiro atoms. The Morgan fingerprint density at radius 2 is 0.670 bits per heavy atom. The number of carbonyl (C=O) groups excluding carboxylic acids is 1. The Morgan fingerprint density at radius 1 is 0.360 bits per heavy atom. The monoisotopic (exact) mass is 1420 g/mol. The van der Waals surface area contributed by atoms with Crippen molar-refractivity contribution in [3.8, 4) is 0 Å². The molecule has 0 aliphatic carbocycles. The van der Waals surface area contributed by atoms with Crippen molar-refractivity contribution < 1.29 is 89.4 Å². The van der Waals surface area contributed by atoms with Crippen LogP contribution in [-0.4, -0.2) is 193 Å². The van der Waals surface area contributed by atoms with E-state index in [9.17, 15) is 61.0 Å². The normalized spacial score (nSPS) is 26.8. The van der Waals surface area contributed by atoms with Crippen molar-refractivity contribution in [2.75, 3.05) is 26.4 Å². The molecule has 3 aliphatic heterocycles. The highest BCUT2D eigenvalue weighted by atomic mass is 16.8. The van der Waals surface area contributed by atoms with Gasteiger partial charge in [-0.2, -0.15) is 0 Å². The van der Waals surface area contributed by atoms with E-state index in [-0.39, 0.29) is 18.9 Å². The highest BCUT2D eigenvalue weighted by Crippen LogP contribution is 2.33. The molecule has 19 heteroatoms. The van der Waals surface area contributed by atoms with Crippen LogP contribution in [0.25, 0.3) is 0 Å². The first-order valence-electron chi connectivity index (χ1n) is 40.2. The van der Waals surface area contributed by atoms with Crippen LogP contribution in [0.5, 0.6) is 0 Å². The van der Waals surface area contributed by atoms with Crippen LogP contribution in [0.1, 0.15) is 303 Å². The summed E-state index contributed by atoms with van der Waals surface area (Å²) in [5, 5.41) is 121. The lowest BCUT2D eigenvalue weighted by Crippen LogP contribution is -2.66. The van der Waals surface area contributed by atoms with E-state index in [1.54, 1.807) is 6.08 Å². The van der Waals surface area contributed by atoms with Gasteiger partial charge in [0.15, 0.2) is 18.9 Å². The summed E-state index contributed by atoms with van der Waals surface area (Å²) >= 11 is 0. The fraction of sp³-hybridized carbons (Fsp3) is 0.840. The van der Waals surface area contributed by atoms with E-state index in [1.807, 2.05) is 6.08 Å². The summed E-state index contributed by atoms with van der Waals surface area (Å²) in [6.45, 7) is 1.72. The molecule has 0 aromatic heterocycles. The maximum Gasteiger partial charge on any atom is 0.220 e. The molecule has 0 aromatic rings. The molecule has 3 saturated heterocycles. The lowest BCUT2D eigenvalue weighted by atomic mass is 9.96. The van der Waals surface area contributed by atoms with Gasteiger partial charge in [-0.3, -0.25) is 4.79 Å². The number of rotatable bonds is 63. The summed E-state index contributed by atoms with van der Waals surface area (Å²) in [6, 6.07) is -1.000. The van der Waals surface area contributed by atoms with Crippen molar-refractivity contribution in [3.05, 3.63) is 72.9 Å². The molecule has 3 fully saturated rings. The molecule has 12 N–H and O–H groups in total. The van der Waals surface area contributed by atoms with Gasteiger partial charge in [0.2, 0.25) is 5.91 Å². The SMILES string of the molecule is CCCCCCC/C=C\C/C=C\C/C=C\CCCCCCCCCCCCCCCCCCCCC(=O)NC(COC1OC(CO)C(OC2OC(CO)C(OC3OC(CO)C(O)C(O)C3O)C(O)C2O)C(O)C1O)C(O)/C=C/CC/C=C/CC/C=C/CCCCCCCCCCCCCC. The summed E-state index contributed by atoms with van der Waals surface area (Å²) in [6.07, 6.45) is 53.2. The summed E-state index contributed by atoms with van der Waals surface area (Å²) in [5.41, 5.74) is 0. The highest BCUT2D eigenvalue weighted by Gasteiger charge is 2.54. The summed E-state index contributed by atoms with van der Waals surface area (Å²) in [7, 11) is 0. The molecular formula is C81H145NO18. The van der Waals surface area contributed by atoms with Gasteiger partial charge in [-0.1, -0.05) is 286 Å². The Hall–Kier alpha value is -2.77. The molecule has 0 radical (unpaired) electrons. The van der Waals surface area contributed by atoms with Gasteiger partial charge < -0.3 is 89.9 Å². The predicted octanol–water partition coefficient (Wildman–Crippen LogP) is 13.2. The van der Waals surface area contributed by atoms with E-state index in [4.69, 9.17) is 28.4 Å². The van der Waals surface area contributed by atoms with Crippen molar-refractivity contribution in [1.29, 1.82) is 0 Å². The van der Waals surface area contributed by atoms with Crippen molar-refractivity contribution in [1.82, 2.24) is 5.32 Å². The van der Waals surface area contributed by atoms with Crippen LogP contribution in [0.15, 0.2) is 72.9 Å². The molecule has 582 valence electrons. The van der Waals surface area contributed by atoms with Crippen molar-refractivity contribution in [2.24, 2.45) is 0 Å². The Morgan fingerprint density at radius 3 is 1.07 bits per heavy atom. The van der Waals surface area contributed by atoms with Crippen molar-refractivity contribution >= 4 is 5.91 Å². The number of aliphatic hydroxyl groups excluding tert-OH is 11. The van der Waals surface area contributed by atoms with Crippen LogP contribution < -0.4 is 5.32 Å². The van der Waals surface area contributed by atoms with E-state index in [1.165, 1.54) is 212 Å². The molecule has 17 atom stereocenters. The predicted molar refractivity (Wildman–Crippen MR) is 397 cm³/mol.